The van der Waals surface area contributed by atoms with E-state index >= 15 is 0 Å². The zero-order valence-electron chi connectivity index (χ0n) is 12.8. The van der Waals surface area contributed by atoms with Crippen molar-refractivity contribution in [1.82, 2.24) is 0 Å². The summed E-state index contributed by atoms with van der Waals surface area (Å²) < 4.78 is 0. The Bertz CT molecular complexity index is 512. The van der Waals surface area contributed by atoms with Crippen molar-refractivity contribution in [2.45, 2.75) is 33.6 Å². The SMILES string of the molecule is Cc1ccc(NC(=O)CC(CN)CC(C)C)cc1C(=O)O. The van der Waals surface area contributed by atoms with E-state index in [9.17, 15) is 9.59 Å². The van der Waals surface area contributed by atoms with Crippen LogP contribution in [0.25, 0.3) is 0 Å². The maximum atomic E-state index is 12.0. The summed E-state index contributed by atoms with van der Waals surface area (Å²) in [5, 5.41) is 11.8. The molecule has 1 atom stereocenters. The van der Waals surface area contributed by atoms with Crippen LogP contribution in [0.1, 0.15) is 42.6 Å². The van der Waals surface area contributed by atoms with Crippen LogP contribution in [-0.4, -0.2) is 23.5 Å². The van der Waals surface area contributed by atoms with Crippen LogP contribution in [0.15, 0.2) is 18.2 Å². The zero-order valence-corrected chi connectivity index (χ0v) is 12.8. The number of nitrogens with one attached hydrogen (secondary N) is 1. The summed E-state index contributed by atoms with van der Waals surface area (Å²) in [6, 6.07) is 4.88. The van der Waals surface area contributed by atoms with Crippen LogP contribution in [0.5, 0.6) is 0 Å². The van der Waals surface area contributed by atoms with Gasteiger partial charge >= 0.3 is 5.97 Å². The molecule has 116 valence electrons. The van der Waals surface area contributed by atoms with E-state index in [0.717, 1.165) is 6.42 Å². The van der Waals surface area contributed by atoms with Gasteiger partial charge in [-0.2, -0.15) is 0 Å². The molecular formula is C16H24N2O3. The van der Waals surface area contributed by atoms with Crippen LogP contribution >= 0.6 is 0 Å². The normalized spacial score (nSPS) is 12.2. The van der Waals surface area contributed by atoms with E-state index in [1.165, 1.54) is 6.07 Å². The lowest BCUT2D eigenvalue weighted by Gasteiger charge is -2.16. The molecule has 0 aromatic heterocycles. The number of hydrogen-bond donors (Lipinski definition) is 3. The van der Waals surface area contributed by atoms with Crippen molar-refractivity contribution in [2.75, 3.05) is 11.9 Å². The summed E-state index contributed by atoms with van der Waals surface area (Å²) >= 11 is 0. The average Bonchev–Trinajstić information content (AvgIpc) is 2.39. The molecule has 0 fully saturated rings. The first-order valence-corrected chi connectivity index (χ1v) is 7.17. The Balaban J connectivity index is 2.70. The Kier molecular flexibility index (Phi) is 6.37. The van der Waals surface area contributed by atoms with Crippen molar-refractivity contribution in [3.63, 3.8) is 0 Å². The second kappa shape index (κ2) is 7.78. The van der Waals surface area contributed by atoms with Crippen molar-refractivity contribution >= 4 is 17.6 Å². The fraction of sp³-hybridized carbons (Fsp3) is 0.500. The molecule has 1 aromatic carbocycles. The van der Waals surface area contributed by atoms with Gasteiger partial charge in [0, 0.05) is 12.1 Å². The lowest BCUT2D eigenvalue weighted by molar-refractivity contribution is -0.117. The van der Waals surface area contributed by atoms with Crippen LogP contribution in [0.4, 0.5) is 5.69 Å². The number of carbonyl (C=O) groups is 2. The largest absolute Gasteiger partial charge is 0.478 e. The van der Waals surface area contributed by atoms with E-state index < -0.39 is 5.97 Å². The molecule has 0 radical (unpaired) electrons. The van der Waals surface area contributed by atoms with E-state index in [1.54, 1.807) is 19.1 Å². The van der Waals surface area contributed by atoms with Gasteiger partial charge in [0.1, 0.15) is 0 Å². The highest BCUT2D eigenvalue weighted by molar-refractivity contribution is 5.94. The van der Waals surface area contributed by atoms with Crippen molar-refractivity contribution in [2.24, 2.45) is 17.6 Å². The summed E-state index contributed by atoms with van der Waals surface area (Å²) in [6.45, 7) is 6.39. The van der Waals surface area contributed by atoms with E-state index in [2.05, 4.69) is 19.2 Å². The standard InChI is InChI=1S/C16H24N2O3/c1-10(2)6-12(9-17)7-15(19)18-13-5-4-11(3)14(8-13)16(20)21/h4-5,8,10,12H,6-7,9,17H2,1-3H3,(H,18,19)(H,20,21). The third kappa shape index (κ3) is 5.55. The fourth-order valence-corrected chi connectivity index (χ4v) is 2.33. The lowest BCUT2D eigenvalue weighted by atomic mass is 9.94. The molecule has 0 heterocycles. The van der Waals surface area contributed by atoms with Gasteiger partial charge in [-0.3, -0.25) is 4.79 Å². The van der Waals surface area contributed by atoms with Gasteiger partial charge < -0.3 is 16.2 Å². The van der Waals surface area contributed by atoms with Crippen LogP contribution in [0.2, 0.25) is 0 Å². The van der Waals surface area contributed by atoms with Crippen molar-refractivity contribution in [1.29, 1.82) is 0 Å². The van der Waals surface area contributed by atoms with Crippen molar-refractivity contribution < 1.29 is 14.7 Å². The summed E-state index contributed by atoms with van der Waals surface area (Å²) in [6.07, 6.45) is 1.25. The Morgan fingerprint density at radius 3 is 2.52 bits per heavy atom. The van der Waals surface area contributed by atoms with Crippen molar-refractivity contribution in [3.8, 4) is 0 Å². The summed E-state index contributed by atoms with van der Waals surface area (Å²) in [7, 11) is 0. The average molecular weight is 292 g/mol. The minimum absolute atomic E-state index is 0.133. The maximum absolute atomic E-state index is 12.0. The molecule has 1 unspecified atom stereocenters. The number of anilines is 1. The molecule has 21 heavy (non-hydrogen) atoms. The number of nitrogens with two attached hydrogens (primary N) is 1. The number of aryl methyl sites for hydroxylation is 1. The summed E-state index contributed by atoms with van der Waals surface area (Å²) in [4.78, 5) is 23.1. The number of benzene rings is 1. The minimum Gasteiger partial charge on any atom is -0.478 e. The van der Waals surface area contributed by atoms with E-state index in [1.807, 2.05) is 0 Å². The number of hydrogen-bond acceptors (Lipinski definition) is 3. The second-order valence-corrected chi connectivity index (χ2v) is 5.82. The highest BCUT2D eigenvalue weighted by atomic mass is 16.4. The molecule has 0 aliphatic rings. The van der Waals surface area contributed by atoms with Gasteiger partial charge in [0.2, 0.25) is 5.91 Å². The predicted molar refractivity (Wildman–Crippen MR) is 83.4 cm³/mol. The fourth-order valence-electron chi connectivity index (χ4n) is 2.33. The monoisotopic (exact) mass is 292 g/mol. The number of aromatic carboxylic acids is 1. The zero-order chi connectivity index (χ0) is 16.0. The Hall–Kier alpha value is -1.88. The molecule has 1 rings (SSSR count). The molecule has 0 aliphatic heterocycles. The third-order valence-corrected chi connectivity index (χ3v) is 3.36. The quantitative estimate of drug-likeness (QED) is 0.720. The number of rotatable bonds is 7. The van der Waals surface area contributed by atoms with Gasteiger partial charge in [0.25, 0.3) is 0 Å². The molecule has 0 spiro atoms. The first-order chi connectivity index (χ1) is 9.83. The molecule has 0 bridgehead atoms. The maximum Gasteiger partial charge on any atom is 0.336 e. The topological polar surface area (TPSA) is 92.4 Å². The van der Waals surface area contributed by atoms with Crippen LogP contribution in [0, 0.1) is 18.8 Å². The second-order valence-electron chi connectivity index (χ2n) is 5.82. The Morgan fingerprint density at radius 2 is 2.00 bits per heavy atom. The van der Waals surface area contributed by atoms with Crippen LogP contribution < -0.4 is 11.1 Å². The van der Waals surface area contributed by atoms with Gasteiger partial charge in [-0.05, 0) is 49.4 Å². The van der Waals surface area contributed by atoms with Gasteiger partial charge in [0.05, 0.1) is 5.56 Å². The highest BCUT2D eigenvalue weighted by Gasteiger charge is 2.15. The van der Waals surface area contributed by atoms with Gasteiger partial charge in [-0.15, -0.1) is 0 Å². The molecule has 1 aromatic rings. The molecular weight excluding hydrogens is 268 g/mol. The molecule has 5 nitrogen and oxygen atoms in total. The number of carbonyl (C=O) groups excluding carboxylic acids is 1. The van der Waals surface area contributed by atoms with Crippen LogP contribution in [0.3, 0.4) is 0 Å². The van der Waals surface area contributed by atoms with Crippen molar-refractivity contribution in [3.05, 3.63) is 29.3 Å². The van der Waals surface area contributed by atoms with Gasteiger partial charge in [-0.1, -0.05) is 19.9 Å². The van der Waals surface area contributed by atoms with E-state index in [-0.39, 0.29) is 17.4 Å². The summed E-state index contributed by atoms with van der Waals surface area (Å²) in [5.41, 5.74) is 7.06. The molecule has 1 amide bonds. The highest BCUT2D eigenvalue weighted by Crippen LogP contribution is 2.18. The molecule has 0 saturated carbocycles. The molecule has 4 N–H and O–H groups in total. The number of amides is 1. The third-order valence-electron chi connectivity index (χ3n) is 3.36. The van der Waals surface area contributed by atoms with E-state index in [4.69, 9.17) is 10.8 Å². The Morgan fingerprint density at radius 1 is 1.33 bits per heavy atom. The van der Waals surface area contributed by atoms with Gasteiger partial charge in [-0.25, -0.2) is 4.79 Å². The molecule has 0 saturated heterocycles. The first-order valence-electron chi connectivity index (χ1n) is 7.17. The molecule has 0 aliphatic carbocycles. The van der Waals surface area contributed by atoms with E-state index in [0.29, 0.717) is 30.1 Å². The predicted octanol–water partition coefficient (Wildman–Crippen LogP) is 2.64. The Labute approximate surface area is 125 Å². The first kappa shape index (κ1) is 17.2. The smallest absolute Gasteiger partial charge is 0.336 e. The number of carboxylic acid groups (broad SMARTS) is 1. The van der Waals surface area contributed by atoms with Crippen LogP contribution in [-0.2, 0) is 4.79 Å². The van der Waals surface area contributed by atoms with Gasteiger partial charge in [0.15, 0.2) is 0 Å². The number of carboxylic acids is 1. The minimum atomic E-state index is -0.997. The summed E-state index contributed by atoms with van der Waals surface area (Å²) in [5.74, 6) is -0.492. The lowest BCUT2D eigenvalue weighted by Crippen LogP contribution is -2.23. The molecule has 5 heteroatoms.